The highest BCUT2D eigenvalue weighted by molar-refractivity contribution is 7.89. The molecule has 3 rings (SSSR count). The van der Waals surface area contributed by atoms with E-state index in [1.807, 2.05) is 24.3 Å². The van der Waals surface area contributed by atoms with Crippen molar-refractivity contribution in [3.05, 3.63) is 65.9 Å². The third-order valence-corrected chi connectivity index (χ3v) is 4.88. The van der Waals surface area contributed by atoms with Crippen LogP contribution in [0, 0.1) is 11.3 Å². The van der Waals surface area contributed by atoms with E-state index in [-0.39, 0.29) is 5.57 Å². The van der Waals surface area contributed by atoms with Crippen LogP contribution in [0.3, 0.4) is 0 Å². The minimum Gasteiger partial charge on any atom is -0.497 e. The van der Waals surface area contributed by atoms with Gasteiger partial charge in [-0.25, -0.2) is 12.4 Å². The van der Waals surface area contributed by atoms with Gasteiger partial charge in [0.25, 0.3) is 0 Å². The zero-order chi connectivity index (χ0) is 18.0. The molecule has 0 radical (unpaired) electrons. The van der Waals surface area contributed by atoms with Crippen molar-refractivity contribution in [3.63, 3.8) is 0 Å². The lowest BCUT2D eigenvalue weighted by molar-refractivity contribution is 0.415. The largest absolute Gasteiger partial charge is 0.497 e. The molecule has 0 aliphatic carbocycles. The Labute approximate surface area is 146 Å². The summed E-state index contributed by atoms with van der Waals surface area (Å²) in [6.07, 6.45) is 2.79. The minimum absolute atomic E-state index is 0.270. The predicted molar refractivity (Wildman–Crippen MR) is 98.7 cm³/mol. The molecule has 0 fully saturated rings. The zero-order valence-electron chi connectivity index (χ0n) is 13.8. The molecule has 5 nitrogen and oxygen atoms in total. The van der Waals surface area contributed by atoms with Crippen molar-refractivity contribution in [2.24, 2.45) is 0 Å². The maximum Gasteiger partial charge on any atom is 0.236 e. The van der Waals surface area contributed by atoms with Gasteiger partial charge in [0, 0.05) is 5.39 Å². The summed E-state index contributed by atoms with van der Waals surface area (Å²) in [6, 6.07) is 18.2. The lowest BCUT2D eigenvalue weighted by Gasteiger charge is -2.08. The second-order valence-corrected chi connectivity index (χ2v) is 7.39. The predicted octanol–water partition coefficient (Wildman–Crippen LogP) is 3.52. The molecule has 0 aliphatic heterocycles. The van der Waals surface area contributed by atoms with E-state index in [4.69, 9.17) is 4.74 Å². The van der Waals surface area contributed by atoms with Gasteiger partial charge in [0.2, 0.25) is 10.0 Å². The molecule has 6 heteroatoms. The summed E-state index contributed by atoms with van der Waals surface area (Å²) in [7, 11) is -1.99. The zero-order valence-corrected chi connectivity index (χ0v) is 14.6. The van der Waals surface area contributed by atoms with E-state index in [1.54, 1.807) is 43.5 Å². The minimum atomic E-state index is -3.57. The first-order valence-electron chi connectivity index (χ1n) is 7.51. The molecule has 0 bridgehead atoms. The average molecular weight is 352 g/mol. The number of ether oxygens (including phenoxy) is 1. The van der Waals surface area contributed by atoms with E-state index >= 15 is 0 Å². The average Bonchev–Trinajstić information content (AvgIpc) is 2.99. The highest BCUT2D eigenvalue weighted by Crippen LogP contribution is 2.28. The van der Waals surface area contributed by atoms with Gasteiger partial charge in [-0.2, -0.15) is 5.26 Å². The van der Waals surface area contributed by atoms with Crippen LogP contribution < -0.4 is 4.74 Å². The molecular formula is C19H16N2O3S. The molecule has 0 N–H and O–H groups in total. The van der Waals surface area contributed by atoms with Gasteiger partial charge in [0.05, 0.1) is 30.1 Å². The maximum atomic E-state index is 12.3. The van der Waals surface area contributed by atoms with Crippen LogP contribution in [-0.2, 0) is 10.0 Å². The summed E-state index contributed by atoms with van der Waals surface area (Å²) in [5.74, 6) is 0.709. The van der Waals surface area contributed by atoms with E-state index in [2.05, 4.69) is 6.07 Å². The molecule has 0 saturated heterocycles. The summed E-state index contributed by atoms with van der Waals surface area (Å²) in [4.78, 5) is 0. The number of allylic oxidation sites excluding steroid dienone is 1. The molecule has 0 unspecified atom stereocenters. The van der Waals surface area contributed by atoms with Gasteiger partial charge in [0.1, 0.15) is 11.8 Å². The molecule has 0 spiro atoms. The topological polar surface area (TPSA) is 72.1 Å². The Balaban J connectivity index is 2.22. The number of hydrogen-bond acceptors (Lipinski definition) is 4. The first-order chi connectivity index (χ1) is 11.9. The van der Waals surface area contributed by atoms with Crippen molar-refractivity contribution in [1.82, 2.24) is 3.97 Å². The van der Waals surface area contributed by atoms with E-state index in [0.717, 1.165) is 17.2 Å². The number of benzene rings is 2. The Morgan fingerprint density at radius 3 is 2.44 bits per heavy atom. The Kier molecular flexibility index (Phi) is 4.34. The first kappa shape index (κ1) is 16.8. The molecule has 0 amide bonds. The standard InChI is InChI=1S/C19H16N2O3S/c1-24-17-9-7-14(8-10-17)11-16(13-20)19-12-15-5-3-4-6-18(15)21(19)25(2,22)23/h3-12H,1-2H3/b16-11+. The number of rotatable bonds is 4. The van der Waals surface area contributed by atoms with Gasteiger partial charge in [-0.15, -0.1) is 0 Å². The SMILES string of the molecule is COc1ccc(/C=C(\C#N)c2cc3ccccc3n2S(C)(=O)=O)cc1. The summed E-state index contributed by atoms with van der Waals surface area (Å²) >= 11 is 0. The van der Waals surface area contributed by atoms with Gasteiger partial charge in [-0.05, 0) is 35.9 Å². The van der Waals surface area contributed by atoms with E-state index < -0.39 is 10.0 Å². The summed E-state index contributed by atoms with van der Waals surface area (Å²) < 4.78 is 30.9. The molecular weight excluding hydrogens is 336 g/mol. The third-order valence-electron chi connectivity index (χ3n) is 3.82. The summed E-state index contributed by atoms with van der Waals surface area (Å²) in [6.45, 7) is 0. The molecule has 25 heavy (non-hydrogen) atoms. The molecule has 126 valence electrons. The smallest absolute Gasteiger partial charge is 0.236 e. The van der Waals surface area contributed by atoms with Crippen LogP contribution in [0.2, 0.25) is 0 Å². The number of aromatic nitrogens is 1. The fraction of sp³-hybridized carbons (Fsp3) is 0.105. The fourth-order valence-corrected chi connectivity index (χ4v) is 3.74. The molecule has 3 aromatic rings. The van der Waals surface area contributed by atoms with Gasteiger partial charge >= 0.3 is 0 Å². The fourth-order valence-electron chi connectivity index (χ4n) is 2.70. The molecule has 1 heterocycles. The second-order valence-electron chi connectivity index (χ2n) is 5.56. The van der Waals surface area contributed by atoms with Crippen LogP contribution in [0.15, 0.2) is 54.6 Å². The summed E-state index contributed by atoms with van der Waals surface area (Å²) in [5.41, 5.74) is 1.95. The van der Waals surface area contributed by atoms with Crippen molar-refractivity contribution in [2.45, 2.75) is 0 Å². The first-order valence-corrected chi connectivity index (χ1v) is 9.36. The van der Waals surface area contributed by atoms with Crippen molar-refractivity contribution in [3.8, 4) is 11.8 Å². The number of methoxy groups -OCH3 is 1. The quantitative estimate of drug-likeness (QED) is 0.674. The maximum absolute atomic E-state index is 12.3. The number of nitriles is 1. The number of para-hydroxylation sites is 1. The van der Waals surface area contributed by atoms with Crippen molar-refractivity contribution in [1.29, 1.82) is 5.26 Å². The van der Waals surface area contributed by atoms with Crippen molar-refractivity contribution < 1.29 is 13.2 Å². The second kappa shape index (κ2) is 6.46. The van der Waals surface area contributed by atoms with Gasteiger partial charge < -0.3 is 4.74 Å². The van der Waals surface area contributed by atoms with Crippen LogP contribution in [0.5, 0.6) is 5.75 Å². The van der Waals surface area contributed by atoms with Gasteiger partial charge in [-0.1, -0.05) is 30.3 Å². The van der Waals surface area contributed by atoms with Crippen molar-refractivity contribution >= 4 is 32.6 Å². The Morgan fingerprint density at radius 1 is 1.16 bits per heavy atom. The summed E-state index contributed by atoms with van der Waals surface area (Å²) in [5, 5.41) is 10.4. The Morgan fingerprint density at radius 2 is 1.84 bits per heavy atom. The van der Waals surface area contributed by atoms with E-state index in [0.29, 0.717) is 17.0 Å². The van der Waals surface area contributed by atoms with Gasteiger partial charge in [-0.3, -0.25) is 0 Å². The highest BCUT2D eigenvalue weighted by Gasteiger charge is 2.19. The van der Waals surface area contributed by atoms with Crippen LogP contribution in [-0.4, -0.2) is 25.8 Å². The van der Waals surface area contributed by atoms with Crippen LogP contribution in [0.1, 0.15) is 11.3 Å². The molecule has 1 aromatic heterocycles. The molecule has 2 aromatic carbocycles. The number of hydrogen-bond donors (Lipinski definition) is 0. The van der Waals surface area contributed by atoms with Crippen LogP contribution in [0.25, 0.3) is 22.6 Å². The van der Waals surface area contributed by atoms with Crippen LogP contribution in [0.4, 0.5) is 0 Å². The Hall–Kier alpha value is -3.04. The molecule has 0 saturated carbocycles. The molecule has 0 atom stereocenters. The number of nitrogens with zero attached hydrogens (tertiary/aromatic N) is 2. The van der Waals surface area contributed by atoms with Gasteiger partial charge in [0.15, 0.2) is 0 Å². The monoisotopic (exact) mass is 352 g/mol. The van der Waals surface area contributed by atoms with Crippen molar-refractivity contribution in [2.75, 3.05) is 13.4 Å². The van der Waals surface area contributed by atoms with E-state index in [1.165, 1.54) is 3.97 Å². The lowest BCUT2D eigenvalue weighted by atomic mass is 10.1. The number of fused-ring (bicyclic) bond motifs is 1. The normalized spacial score (nSPS) is 12.1. The van der Waals surface area contributed by atoms with Crippen LogP contribution >= 0.6 is 0 Å². The molecule has 0 aliphatic rings. The highest BCUT2D eigenvalue weighted by atomic mass is 32.2. The van der Waals surface area contributed by atoms with E-state index in [9.17, 15) is 13.7 Å². The lowest BCUT2D eigenvalue weighted by Crippen LogP contribution is -2.12. The third kappa shape index (κ3) is 3.28. The Bertz CT molecular complexity index is 1100.